The van der Waals surface area contributed by atoms with Gasteiger partial charge in [0.1, 0.15) is 0 Å². The summed E-state index contributed by atoms with van der Waals surface area (Å²) >= 11 is 1.62. The van der Waals surface area contributed by atoms with Crippen molar-refractivity contribution in [1.82, 2.24) is 0 Å². The van der Waals surface area contributed by atoms with E-state index in [1.807, 2.05) is 0 Å². The van der Waals surface area contributed by atoms with Gasteiger partial charge in [-0.15, -0.1) is 0 Å². The topological polar surface area (TPSA) is 55.8 Å². The first kappa shape index (κ1) is 12.8. The average molecular weight is 234 g/mol. The average Bonchev–Trinajstić information content (AvgIpc) is 2.27. The summed E-state index contributed by atoms with van der Waals surface area (Å²) in [5.74, 6) is -0.188. The van der Waals surface area contributed by atoms with E-state index in [2.05, 4.69) is 4.74 Å². The van der Waals surface area contributed by atoms with E-state index in [4.69, 9.17) is 4.74 Å². The lowest BCUT2D eigenvalue weighted by Gasteiger charge is -2.25. The molecule has 4 nitrogen and oxygen atoms in total. The van der Waals surface area contributed by atoms with Gasteiger partial charge in [-0.1, -0.05) is 0 Å². The fourth-order valence-corrected chi connectivity index (χ4v) is 2.61. The molecule has 1 heterocycles. The maximum absolute atomic E-state index is 11.2. The number of aliphatic hydroxyl groups is 1. The van der Waals surface area contributed by atoms with Crippen LogP contribution >= 0.6 is 11.8 Å². The molecule has 15 heavy (non-hydrogen) atoms. The molecule has 1 saturated heterocycles. The van der Waals surface area contributed by atoms with Gasteiger partial charge in [0.25, 0.3) is 0 Å². The number of methoxy groups -OCH3 is 1. The lowest BCUT2D eigenvalue weighted by atomic mass is 10.1. The predicted octanol–water partition coefficient (Wildman–Crippen LogP) is 0.823. The smallest absolute Gasteiger partial charge is 0.338 e. The molecular weight excluding hydrogens is 216 g/mol. The number of carbonyl (C=O) groups excluding carboxylic acids is 1. The summed E-state index contributed by atoms with van der Waals surface area (Å²) in [5.41, 5.74) is -1.38. The molecule has 0 aliphatic carbocycles. The van der Waals surface area contributed by atoms with Gasteiger partial charge in [0.05, 0.1) is 7.11 Å². The maximum Gasteiger partial charge on any atom is 0.338 e. The van der Waals surface area contributed by atoms with Crippen LogP contribution in [0, 0.1) is 0 Å². The van der Waals surface area contributed by atoms with Crippen molar-refractivity contribution in [2.45, 2.75) is 30.6 Å². The number of ether oxygens (including phenoxy) is 2. The van der Waals surface area contributed by atoms with Gasteiger partial charge in [-0.3, -0.25) is 0 Å². The zero-order chi connectivity index (χ0) is 11.3. The molecule has 5 heteroatoms. The van der Waals surface area contributed by atoms with Gasteiger partial charge in [-0.25, -0.2) is 4.79 Å². The van der Waals surface area contributed by atoms with Gasteiger partial charge >= 0.3 is 5.97 Å². The molecular formula is C10H18O4S. The van der Waals surface area contributed by atoms with Crippen LogP contribution in [0.25, 0.3) is 0 Å². The zero-order valence-electron chi connectivity index (χ0n) is 9.19. The summed E-state index contributed by atoms with van der Waals surface area (Å²) in [5, 5.41) is 10.3. The lowest BCUT2D eigenvalue weighted by Crippen LogP contribution is -2.39. The minimum Gasteiger partial charge on any atom is -0.467 e. The first-order valence-corrected chi connectivity index (χ1v) is 6.11. The molecule has 1 aliphatic rings. The largest absolute Gasteiger partial charge is 0.467 e. The number of carbonyl (C=O) groups is 1. The molecule has 0 aromatic heterocycles. The molecule has 1 atom stereocenters. The van der Waals surface area contributed by atoms with E-state index >= 15 is 0 Å². The van der Waals surface area contributed by atoms with Crippen LogP contribution in [0.4, 0.5) is 0 Å². The second-order valence-electron chi connectivity index (χ2n) is 3.89. The normalized spacial score (nSPS) is 22.1. The summed E-state index contributed by atoms with van der Waals surface area (Å²) in [6.45, 7) is 3.04. The zero-order valence-corrected chi connectivity index (χ0v) is 10.0. The Labute approximate surface area is 94.3 Å². The van der Waals surface area contributed by atoms with Crippen molar-refractivity contribution in [3.63, 3.8) is 0 Å². The van der Waals surface area contributed by atoms with E-state index in [0.29, 0.717) is 11.0 Å². The standard InChI is InChI=1S/C10H18O4S/c1-10(12,9(11)13-2)7-15-8-3-5-14-6-4-8/h8,12H,3-7H2,1-2H3. The fraction of sp³-hybridized carbons (Fsp3) is 0.900. The van der Waals surface area contributed by atoms with Gasteiger partial charge < -0.3 is 14.6 Å². The molecule has 0 bridgehead atoms. The molecule has 1 unspecified atom stereocenters. The fourth-order valence-electron chi connectivity index (χ4n) is 1.40. The maximum atomic E-state index is 11.2. The van der Waals surface area contributed by atoms with Crippen LogP contribution in [-0.2, 0) is 14.3 Å². The number of esters is 1. The molecule has 1 rings (SSSR count). The molecule has 0 saturated carbocycles. The monoisotopic (exact) mass is 234 g/mol. The minimum atomic E-state index is -1.38. The van der Waals surface area contributed by atoms with E-state index in [1.54, 1.807) is 11.8 Å². The second-order valence-corrected chi connectivity index (χ2v) is 5.18. The van der Waals surface area contributed by atoms with Gasteiger partial charge in [0, 0.05) is 24.2 Å². The molecule has 0 amide bonds. The van der Waals surface area contributed by atoms with E-state index in [9.17, 15) is 9.90 Å². The van der Waals surface area contributed by atoms with Crippen LogP contribution in [0.3, 0.4) is 0 Å². The van der Waals surface area contributed by atoms with Gasteiger partial charge in [0.2, 0.25) is 0 Å². The summed E-state index contributed by atoms with van der Waals surface area (Å²) in [6, 6.07) is 0. The van der Waals surface area contributed by atoms with Gasteiger partial charge in [0.15, 0.2) is 5.60 Å². The van der Waals surface area contributed by atoms with E-state index in [1.165, 1.54) is 14.0 Å². The molecule has 0 radical (unpaired) electrons. The van der Waals surface area contributed by atoms with Gasteiger partial charge in [-0.05, 0) is 19.8 Å². The molecule has 0 aromatic carbocycles. The Hall–Kier alpha value is -0.260. The van der Waals surface area contributed by atoms with Crippen molar-refractivity contribution in [1.29, 1.82) is 0 Å². The summed E-state index contributed by atoms with van der Waals surface area (Å²) in [7, 11) is 1.29. The van der Waals surface area contributed by atoms with Crippen molar-refractivity contribution in [2.24, 2.45) is 0 Å². The number of hydrogen-bond acceptors (Lipinski definition) is 5. The highest BCUT2D eigenvalue weighted by Gasteiger charge is 2.32. The first-order valence-electron chi connectivity index (χ1n) is 5.06. The Morgan fingerprint density at radius 3 is 2.73 bits per heavy atom. The van der Waals surface area contributed by atoms with Crippen LogP contribution < -0.4 is 0 Å². The van der Waals surface area contributed by atoms with Crippen molar-refractivity contribution in [3.8, 4) is 0 Å². The van der Waals surface area contributed by atoms with Gasteiger partial charge in [-0.2, -0.15) is 11.8 Å². The number of hydrogen-bond donors (Lipinski definition) is 1. The Morgan fingerprint density at radius 1 is 1.60 bits per heavy atom. The molecule has 1 fully saturated rings. The molecule has 0 aromatic rings. The van der Waals surface area contributed by atoms with Crippen LogP contribution in [0.5, 0.6) is 0 Å². The molecule has 1 aliphatic heterocycles. The third-order valence-electron chi connectivity index (χ3n) is 2.39. The predicted molar refractivity (Wildman–Crippen MR) is 58.9 cm³/mol. The summed E-state index contributed by atoms with van der Waals surface area (Å²) in [4.78, 5) is 11.2. The van der Waals surface area contributed by atoms with Crippen molar-refractivity contribution in [3.05, 3.63) is 0 Å². The van der Waals surface area contributed by atoms with E-state index in [0.717, 1.165) is 26.1 Å². The highest BCUT2D eigenvalue weighted by molar-refractivity contribution is 8.00. The third kappa shape index (κ3) is 4.01. The quantitative estimate of drug-likeness (QED) is 0.730. The molecule has 88 valence electrons. The van der Waals surface area contributed by atoms with Crippen molar-refractivity contribution < 1.29 is 19.4 Å². The van der Waals surface area contributed by atoms with Crippen LogP contribution in [-0.4, -0.2) is 48.0 Å². The van der Waals surface area contributed by atoms with Crippen molar-refractivity contribution in [2.75, 3.05) is 26.1 Å². The number of thioether (sulfide) groups is 1. The molecule has 0 spiro atoms. The molecule has 1 N–H and O–H groups in total. The summed E-state index contributed by atoms with van der Waals surface area (Å²) < 4.78 is 9.76. The number of rotatable bonds is 4. The highest BCUT2D eigenvalue weighted by atomic mass is 32.2. The van der Waals surface area contributed by atoms with Crippen molar-refractivity contribution >= 4 is 17.7 Å². The Morgan fingerprint density at radius 2 is 2.20 bits per heavy atom. The first-order chi connectivity index (χ1) is 7.06. The third-order valence-corrected chi connectivity index (χ3v) is 4.07. The van der Waals surface area contributed by atoms with E-state index in [-0.39, 0.29) is 0 Å². The SMILES string of the molecule is COC(=O)C(C)(O)CSC1CCOCC1. The Bertz CT molecular complexity index is 211. The lowest BCUT2D eigenvalue weighted by molar-refractivity contribution is -0.158. The Balaban J connectivity index is 2.31. The van der Waals surface area contributed by atoms with Crippen LogP contribution in [0.15, 0.2) is 0 Å². The van der Waals surface area contributed by atoms with Crippen LogP contribution in [0.2, 0.25) is 0 Å². The van der Waals surface area contributed by atoms with E-state index < -0.39 is 11.6 Å². The minimum absolute atomic E-state index is 0.379. The van der Waals surface area contributed by atoms with Crippen LogP contribution in [0.1, 0.15) is 19.8 Å². The highest BCUT2D eigenvalue weighted by Crippen LogP contribution is 2.25. The Kier molecular flexibility index (Phi) is 4.89. The summed E-state index contributed by atoms with van der Waals surface area (Å²) in [6.07, 6.45) is 1.98. The second kappa shape index (κ2) is 5.72.